The van der Waals surface area contributed by atoms with Crippen LogP contribution in [-0.4, -0.2) is 35.0 Å². The van der Waals surface area contributed by atoms with E-state index >= 15 is 0 Å². The number of carboxylic acids is 2. The average Bonchev–Trinajstić information content (AvgIpc) is 1.25. The summed E-state index contributed by atoms with van der Waals surface area (Å²) in [5, 5.41) is 17.8. The molecule has 0 amide bonds. The SMILES string of the molecule is CC(=O)[O-].CC(=O)[O-].[K+].[Mg+2]. The van der Waals surface area contributed by atoms with Crippen molar-refractivity contribution in [1.82, 2.24) is 0 Å². The molecule has 0 saturated carbocycles. The molecule has 0 bridgehead atoms. The van der Waals surface area contributed by atoms with Gasteiger partial charge in [-0.1, -0.05) is 0 Å². The Morgan fingerprint density at radius 1 is 1.00 bits per heavy atom. The van der Waals surface area contributed by atoms with Gasteiger partial charge < -0.3 is 19.8 Å². The van der Waals surface area contributed by atoms with Crippen molar-refractivity contribution >= 4 is 35.0 Å². The van der Waals surface area contributed by atoms with Gasteiger partial charge in [-0.2, -0.15) is 0 Å². The summed E-state index contributed by atoms with van der Waals surface area (Å²) in [4.78, 5) is 17.8. The zero-order valence-electron chi connectivity index (χ0n) is 6.34. The first-order chi connectivity index (χ1) is 3.46. The normalized spacial score (nSPS) is 5.00. The molecule has 0 aliphatic rings. The average molecular weight is 181 g/mol. The van der Waals surface area contributed by atoms with Crippen LogP contribution in [-0.2, 0) is 9.59 Å². The molecular weight excluding hydrogens is 175 g/mol. The molecule has 0 unspecified atom stereocenters. The topological polar surface area (TPSA) is 80.3 Å². The first kappa shape index (κ1) is 22.5. The number of carbonyl (C=O) groups excluding carboxylic acids is 2. The smallest absolute Gasteiger partial charge is 0.550 e. The fourth-order valence-electron chi connectivity index (χ4n) is 0. The summed E-state index contributed by atoms with van der Waals surface area (Å²) in [5.41, 5.74) is 0. The Hall–Kier alpha value is 1.34. The molecule has 0 rings (SSSR count). The summed E-state index contributed by atoms with van der Waals surface area (Å²) >= 11 is 0. The maximum atomic E-state index is 8.89. The second-order valence-corrected chi connectivity index (χ2v) is 0.983. The largest absolute Gasteiger partial charge is 2.00 e. The molecule has 0 spiro atoms. The van der Waals surface area contributed by atoms with E-state index in [1.165, 1.54) is 0 Å². The van der Waals surface area contributed by atoms with Crippen molar-refractivity contribution in [3.8, 4) is 0 Å². The Labute approximate surface area is 118 Å². The number of aliphatic carboxylic acids is 2. The minimum Gasteiger partial charge on any atom is -0.550 e. The number of carbonyl (C=O) groups is 2. The van der Waals surface area contributed by atoms with Crippen LogP contribution in [0.2, 0.25) is 0 Å². The Morgan fingerprint density at radius 3 is 1.00 bits per heavy atom. The van der Waals surface area contributed by atoms with Gasteiger partial charge in [0.15, 0.2) is 0 Å². The van der Waals surface area contributed by atoms with Crippen LogP contribution in [0.25, 0.3) is 0 Å². The Bertz CT molecular complexity index is 75.3. The maximum absolute atomic E-state index is 8.89. The van der Waals surface area contributed by atoms with E-state index in [0.29, 0.717) is 0 Å². The van der Waals surface area contributed by atoms with Crippen molar-refractivity contribution in [3.05, 3.63) is 0 Å². The third-order valence-electron chi connectivity index (χ3n) is 0. The van der Waals surface area contributed by atoms with Gasteiger partial charge in [-0.05, 0) is 13.8 Å². The first-order valence-corrected chi connectivity index (χ1v) is 1.82. The molecule has 10 heavy (non-hydrogen) atoms. The summed E-state index contributed by atoms with van der Waals surface area (Å²) in [7, 11) is 0. The third-order valence-corrected chi connectivity index (χ3v) is 0. The van der Waals surface area contributed by atoms with Crippen molar-refractivity contribution in [2.45, 2.75) is 13.8 Å². The zero-order valence-corrected chi connectivity index (χ0v) is 10.9. The van der Waals surface area contributed by atoms with Gasteiger partial charge in [0, 0.05) is 11.9 Å². The molecule has 48 valence electrons. The summed E-state index contributed by atoms with van der Waals surface area (Å²) in [6, 6.07) is 0. The second-order valence-electron chi connectivity index (χ2n) is 0.983. The summed E-state index contributed by atoms with van der Waals surface area (Å²) in [5.74, 6) is -2.17. The maximum Gasteiger partial charge on any atom is 2.00 e. The van der Waals surface area contributed by atoms with Gasteiger partial charge in [0.2, 0.25) is 0 Å². The molecule has 0 radical (unpaired) electrons. The molecule has 0 N–H and O–H groups in total. The van der Waals surface area contributed by atoms with Gasteiger partial charge in [-0.25, -0.2) is 0 Å². The molecule has 0 aliphatic carbocycles. The van der Waals surface area contributed by atoms with Crippen molar-refractivity contribution in [2.75, 3.05) is 0 Å². The quantitative estimate of drug-likeness (QED) is 0.349. The van der Waals surface area contributed by atoms with Gasteiger partial charge in [-0.3, -0.25) is 0 Å². The van der Waals surface area contributed by atoms with Crippen LogP contribution in [0.5, 0.6) is 0 Å². The Morgan fingerprint density at radius 2 is 1.00 bits per heavy atom. The summed E-state index contributed by atoms with van der Waals surface area (Å²) in [6.07, 6.45) is 0. The van der Waals surface area contributed by atoms with Crippen LogP contribution in [0.1, 0.15) is 13.8 Å². The fourth-order valence-corrected chi connectivity index (χ4v) is 0. The minimum atomic E-state index is -1.08. The molecule has 0 saturated heterocycles. The van der Waals surface area contributed by atoms with Gasteiger partial charge in [0.25, 0.3) is 0 Å². The van der Waals surface area contributed by atoms with E-state index < -0.39 is 11.9 Å². The molecule has 0 aromatic heterocycles. The van der Waals surface area contributed by atoms with Crippen LogP contribution in [0.3, 0.4) is 0 Å². The van der Waals surface area contributed by atoms with Crippen LogP contribution in [0.15, 0.2) is 0 Å². The zero-order chi connectivity index (χ0) is 7.15. The van der Waals surface area contributed by atoms with Crippen molar-refractivity contribution in [2.24, 2.45) is 0 Å². The van der Waals surface area contributed by atoms with Gasteiger partial charge in [-0.15, -0.1) is 0 Å². The van der Waals surface area contributed by atoms with Crippen LogP contribution < -0.4 is 61.6 Å². The number of rotatable bonds is 0. The van der Waals surface area contributed by atoms with E-state index in [-0.39, 0.29) is 74.4 Å². The van der Waals surface area contributed by atoms with Gasteiger partial charge in [0.05, 0.1) is 0 Å². The van der Waals surface area contributed by atoms with Crippen LogP contribution in [0.4, 0.5) is 0 Å². The van der Waals surface area contributed by atoms with E-state index in [0.717, 1.165) is 13.8 Å². The first-order valence-electron chi connectivity index (χ1n) is 1.82. The molecule has 6 heteroatoms. The molecule has 4 nitrogen and oxygen atoms in total. The summed E-state index contributed by atoms with van der Waals surface area (Å²) < 4.78 is 0. The monoisotopic (exact) mass is 181 g/mol. The van der Waals surface area contributed by atoms with E-state index in [1.54, 1.807) is 0 Å². The molecule has 0 aromatic rings. The molecule has 0 aromatic carbocycles. The Kier molecular flexibility index (Phi) is 37.7. The number of hydrogen-bond acceptors (Lipinski definition) is 4. The van der Waals surface area contributed by atoms with Crippen LogP contribution in [0, 0.1) is 0 Å². The minimum absolute atomic E-state index is 0. The van der Waals surface area contributed by atoms with E-state index in [4.69, 9.17) is 19.8 Å². The fraction of sp³-hybridized carbons (Fsp3) is 0.500. The molecule has 0 fully saturated rings. The van der Waals surface area contributed by atoms with Crippen molar-refractivity contribution in [1.29, 1.82) is 0 Å². The van der Waals surface area contributed by atoms with E-state index in [1.807, 2.05) is 0 Å². The predicted octanol–water partition coefficient (Wildman–Crippen LogP) is -5.86. The third kappa shape index (κ3) is 361. The van der Waals surface area contributed by atoms with Gasteiger partial charge >= 0.3 is 74.4 Å². The Balaban J connectivity index is -0.0000000300. The molecule has 0 aliphatic heterocycles. The van der Waals surface area contributed by atoms with Crippen molar-refractivity contribution < 1.29 is 71.2 Å². The molecule has 0 heterocycles. The predicted molar refractivity (Wildman–Crippen MR) is 27.1 cm³/mol. The number of hydrogen-bond donors (Lipinski definition) is 0. The molecular formula is C4H6KMgO4+. The van der Waals surface area contributed by atoms with E-state index in [9.17, 15) is 0 Å². The standard InChI is InChI=1S/2C2H4O2.K.Mg/c2*1-2(3)4;;/h2*1H3,(H,3,4);;/q;;+1;+2/p-2. The van der Waals surface area contributed by atoms with Crippen LogP contribution >= 0.6 is 0 Å². The van der Waals surface area contributed by atoms with E-state index in [2.05, 4.69) is 0 Å². The molecule has 0 atom stereocenters. The van der Waals surface area contributed by atoms with Crippen molar-refractivity contribution in [3.63, 3.8) is 0 Å². The second kappa shape index (κ2) is 16.7. The van der Waals surface area contributed by atoms with Gasteiger partial charge in [0.1, 0.15) is 0 Å². The summed E-state index contributed by atoms with van der Waals surface area (Å²) in [6.45, 7) is 1.94. The number of carboxylic acid groups (broad SMARTS) is 2.